The summed E-state index contributed by atoms with van der Waals surface area (Å²) in [7, 11) is -1.37. The number of thioether (sulfide) groups is 1. The lowest BCUT2D eigenvalue weighted by atomic mass is 10.1. The van der Waals surface area contributed by atoms with Gasteiger partial charge >= 0.3 is 0 Å². The van der Waals surface area contributed by atoms with Crippen molar-refractivity contribution in [1.82, 2.24) is 19.7 Å². The molecule has 4 rings (SSSR count). The summed E-state index contributed by atoms with van der Waals surface area (Å²) in [4.78, 5) is 14.4. The molecule has 2 aromatic carbocycles. The maximum Gasteiger partial charge on any atom is 0.233 e. The smallest absolute Gasteiger partial charge is 0.233 e. The van der Waals surface area contributed by atoms with Crippen LogP contribution < -0.4 is 0 Å². The first kappa shape index (κ1) is 22.5. The van der Waals surface area contributed by atoms with E-state index in [0.717, 1.165) is 16.8 Å². The Balaban J connectivity index is 1.60. The number of amides is 1. The Morgan fingerprint density at radius 1 is 1.12 bits per heavy atom. The molecule has 1 aliphatic heterocycles. The Labute approximate surface area is 192 Å². The predicted octanol–water partition coefficient (Wildman–Crippen LogP) is 3.29. The molecule has 32 heavy (non-hydrogen) atoms. The van der Waals surface area contributed by atoms with Crippen molar-refractivity contribution in [2.45, 2.75) is 31.5 Å². The topological polar surface area (TPSA) is 85.2 Å². The summed E-state index contributed by atoms with van der Waals surface area (Å²) < 4.78 is 25.5. The lowest BCUT2D eigenvalue weighted by Crippen LogP contribution is -2.38. The van der Waals surface area contributed by atoms with Crippen LogP contribution in [-0.2, 0) is 14.6 Å². The Bertz CT molecular complexity index is 1240. The van der Waals surface area contributed by atoms with Crippen LogP contribution in [0.1, 0.15) is 17.5 Å². The molecular formula is C23H26N4O3S2. The van der Waals surface area contributed by atoms with E-state index < -0.39 is 9.84 Å². The average molecular weight is 471 g/mol. The Kier molecular flexibility index (Phi) is 6.39. The number of benzene rings is 2. The fourth-order valence-electron chi connectivity index (χ4n) is 3.75. The van der Waals surface area contributed by atoms with E-state index in [1.165, 1.54) is 17.3 Å². The molecule has 1 saturated heterocycles. The quantitative estimate of drug-likeness (QED) is 0.514. The summed E-state index contributed by atoms with van der Waals surface area (Å²) in [5.74, 6) is 0.929. The standard InChI is InChI=1S/C23H26N4O3S2/c1-16-9-10-19(13-17(16)2)27-22(18-7-5-4-6-8-18)24-25-23(27)31-14-21(28)26(3)20-11-12-32(29,30)15-20/h4-10,13,20H,11-12,14-15H2,1-3H3. The SMILES string of the molecule is Cc1ccc(-n2c(SCC(=O)N(C)C3CCS(=O)(=O)C3)nnc2-c2ccccc2)cc1C. The van der Waals surface area contributed by atoms with Gasteiger partial charge in [0.15, 0.2) is 20.8 Å². The summed E-state index contributed by atoms with van der Waals surface area (Å²) in [5, 5.41) is 9.42. The molecule has 0 saturated carbocycles. The van der Waals surface area contributed by atoms with Crippen molar-refractivity contribution in [3.8, 4) is 17.1 Å². The van der Waals surface area contributed by atoms with Crippen molar-refractivity contribution in [2.24, 2.45) is 0 Å². The van der Waals surface area contributed by atoms with E-state index in [1.54, 1.807) is 11.9 Å². The van der Waals surface area contributed by atoms with Gasteiger partial charge in [-0.05, 0) is 43.5 Å². The zero-order valence-electron chi connectivity index (χ0n) is 18.4. The lowest BCUT2D eigenvalue weighted by Gasteiger charge is -2.23. The van der Waals surface area contributed by atoms with Gasteiger partial charge in [0.25, 0.3) is 0 Å². The van der Waals surface area contributed by atoms with Crippen LogP contribution in [-0.4, -0.2) is 64.3 Å². The highest BCUT2D eigenvalue weighted by Gasteiger charge is 2.32. The first-order valence-corrected chi connectivity index (χ1v) is 13.2. The van der Waals surface area contributed by atoms with Crippen molar-refractivity contribution in [3.63, 3.8) is 0 Å². The third-order valence-electron chi connectivity index (χ3n) is 5.89. The number of nitrogens with zero attached hydrogens (tertiary/aromatic N) is 4. The van der Waals surface area contributed by atoms with Gasteiger partial charge in [-0.1, -0.05) is 48.2 Å². The van der Waals surface area contributed by atoms with Crippen molar-refractivity contribution >= 4 is 27.5 Å². The number of carbonyl (C=O) groups excluding carboxylic acids is 1. The van der Waals surface area contributed by atoms with Gasteiger partial charge in [0, 0.05) is 18.7 Å². The fraction of sp³-hybridized carbons (Fsp3) is 0.348. The van der Waals surface area contributed by atoms with Crippen molar-refractivity contribution in [3.05, 3.63) is 59.7 Å². The molecule has 0 aliphatic carbocycles. The molecule has 2 heterocycles. The highest BCUT2D eigenvalue weighted by Crippen LogP contribution is 2.29. The average Bonchev–Trinajstić information content (AvgIpc) is 3.37. The number of sulfone groups is 1. The Morgan fingerprint density at radius 3 is 2.53 bits per heavy atom. The van der Waals surface area contributed by atoms with E-state index >= 15 is 0 Å². The number of hydrogen-bond donors (Lipinski definition) is 0. The molecule has 1 fully saturated rings. The lowest BCUT2D eigenvalue weighted by molar-refractivity contribution is -0.128. The molecule has 1 aromatic heterocycles. The monoisotopic (exact) mass is 470 g/mol. The van der Waals surface area contributed by atoms with E-state index in [4.69, 9.17) is 0 Å². The first-order valence-electron chi connectivity index (χ1n) is 10.4. The van der Waals surface area contributed by atoms with Crippen LogP contribution in [0.3, 0.4) is 0 Å². The van der Waals surface area contributed by atoms with E-state index in [-0.39, 0.29) is 29.2 Å². The molecule has 0 radical (unpaired) electrons. The van der Waals surface area contributed by atoms with Crippen LogP contribution in [0.25, 0.3) is 17.1 Å². The molecule has 0 bridgehead atoms. The zero-order valence-corrected chi connectivity index (χ0v) is 20.0. The van der Waals surface area contributed by atoms with E-state index in [9.17, 15) is 13.2 Å². The van der Waals surface area contributed by atoms with Crippen LogP contribution in [0.4, 0.5) is 0 Å². The Hall–Kier alpha value is -2.65. The summed E-state index contributed by atoms with van der Waals surface area (Å²) >= 11 is 1.31. The molecule has 1 unspecified atom stereocenters. The molecule has 1 aliphatic rings. The molecule has 7 nitrogen and oxygen atoms in total. The van der Waals surface area contributed by atoms with Crippen molar-refractivity contribution in [2.75, 3.05) is 24.3 Å². The minimum Gasteiger partial charge on any atom is -0.341 e. The van der Waals surface area contributed by atoms with E-state index in [0.29, 0.717) is 17.4 Å². The van der Waals surface area contributed by atoms with Crippen molar-refractivity contribution in [1.29, 1.82) is 0 Å². The molecular weight excluding hydrogens is 444 g/mol. The highest BCUT2D eigenvalue weighted by molar-refractivity contribution is 7.99. The zero-order chi connectivity index (χ0) is 22.9. The maximum atomic E-state index is 12.8. The third kappa shape index (κ3) is 4.73. The second-order valence-electron chi connectivity index (χ2n) is 8.13. The molecule has 0 spiro atoms. The second kappa shape index (κ2) is 9.07. The summed E-state index contributed by atoms with van der Waals surface area (Å²) in [6.45, 7) is 4.13. The second-order valence-corrected chi connectivity index (χ2v) is 11.3. The molecule has 1 atom stereocenters. The van der Waals surface area contributed by atoms with Crippen LogP contribution in [0, 0.1) is 13.8 Å². The van der Waals surface area contributed by atoms with E-state index in [1.807, 2.05) is 41.0 Å². The van der Waals surface area contributed by atoms with Crippen LogP contribution in [0.15, 0.2) is 53.7 Å². The predicted molar refractivity (Wildman–Crippen MR) is 127 cm³/mol. The highest BCUT2D eigenvalue weighted by atomic mass is 32.2. The van der Waals surface area contributed by atoms with Crippen molar-refractivity contribution < 1.29 is 13.2 Å². The summed E-state index contributed by atoms with van der Waals surface area (Å²) in [6.07, 6.45) is 0.492. The number of aryl methyl sites for hydroxylation is 2. The minimum atomic E-state index is -3.05. The minimum absolute atomic E-state index is 0.0386. The number of carbonyl (C=O) groups is 1. The van der Waals surface area contributed by atoms with Crippen LogP contribution >= 0.6 is 11.8 Å². The van der Waals surface area contributed by atoms with Gasteiger partial charge in [-0.3, -0.25) is 9.36 Å². The van der Waals surface area contributed by atoms with E-state index in [2.05, 4.69) is 36.2 Å². The van der Waals surface area contributed by atoms with Gasteiger partial charge in [0.1, 0.15) is 0 Å². The summed E-state index contributed by atoms with van der Waals surface area (Å²) in [5.41, 5.74) is 4.22. The number of aromatic nitrogens is 3. The molecule has 0 N–H and O–H groups in total. The largest absolute Gasteiger partial charge is 0.341 e. The molecule has 3 aromatic rings. The number of rotatable bonds is 6. The number of hydrogen-bond acceptors (Lipinski definition) is 6. The molecule has 168 valence electrons. The first-order chi connectivity index (χ1) is 15.2. The van der Waals surface area contributed by atoms with Gasteiger partial charge in [0.2, 0.25) is 5.91 Å². The molecule has 1 amide bonds. The van der Waals surface area contributed by atoms with Gasteiger partial charge in [0.05, 0.1) is 22.9 Å². The molecule has 9 heteroatoms. The normalized spacial score (nSPS) is 17.4. The van der Waals surface area contributed by atoms with Crippen LogP contribution in [0.5, 0.6) is 0 Å². The van der Waals surface area contributed by atoms with Gasteiger partial charge in [-0.15, -0.1) is 10.2 Å². The summed E-state index contributed by atoms with van der Waals surface area (Å²) in [6, 6.07) is 15.7. The Morgan fingerprint density at radius 2 is 1.88 bits per heavy atom. The third-order valence-corrected chi connectivity index (χ3v) is 8.55. The van der Waals surface area contributed by atoms with Crippen LogP contribution in [0.2, 0.25) is 0 Å². The maximum absolute atomic E-state index is 12.8. The van der Waals surface area contributed by atoms with Gasteiger partial charge in [-0.25, -0.2) is 8.42 Å². The van der Waals surface area contributed by atoms with Gasteiger partial charge in [-0.2, -0.15) is 0 Å². The van der Waals surface area contributed by atoms with Gasteiger partial charge < -0.3 is 4.90 Å². The fourth-order valence-corrected chi connectivity index (χ4v) is 6.40.